The fourth-order valence-electron chi connectivity index (χ4n) is 2.08. The molecule has 2 N–H and O–H groups in total. The van der Waals surface area contributed by atoms with Crippen molar-refractivity contribution in [1.82, 2.24) is 9.80 Å². The van der Waals surface area contributed by atoms with E-state index in [0.717, 1.165) is 26.2 Å². The number of ether oxygens (including phenoxy) is 1. The van der Waals surface area contributed by atoms with Gasteiger partial charge >= 0.3 is 0 Å². The summed E-state index contributed by atoms with van der Waals surface area (Å²) in [6.45, 7) is 5.16. The average Bonchev–Trinajstić information content (AvgIpc) is 2.41. The van der Waals surface area contributed by atoms with Crippen LogP contribution < -0.4 is 10.5 Å². The summed E-state index contributed by atoms with van der Waals surface area (Å²) in [7, 11) is 2.07. The van der Waals surface area contributed by atoms with Gasteiger partial charge in [-0.1, -0.05) is 0 Å². The molecule has 0 saturated carbocycles. The molecular weight excluding hydrogens is 242 g/mol. The van der Waals surface area contributed by atoms with Crippen molar-refractivity contribution in [3.05, 3.63) is 24.3 Å². The number of carbonyl (C=O) groups is 1. The van der Waals surface area contributed by atoms with Gasteiger partial charge in [-0.2, -0.15) is 0 Å². The number of hydrogen-bond acceptors (Lipinski definition) is 4. The number of nitrogens with two attached hydrogens (primary N) is 1. The molecule has 0 aliphatic carbocycles. The van der Waals surface area contributed by atoms with E-state index >= 15 is 0 Å². The lowest BCUT2D eigenvalue weighted by atomic mass is 10.2. The Morgan fingerprint density at radius 3 is 2.37 bits per heavy atom. The topological polar surface area (TPSA) is 58.8 Å². The summed E-state index contributed by atoms with van der Waals surface area (Å²) in [6.07, 6.45) is -0.466. The molecule has 1 unspecified atom stereocenters. The summed E-state index contributed by atoms with van der Waals surface area (Å²) in [5.74, 6) is 0.717. The Kier molecular flexibility index (Phi) is 4.27. The first-order valence-corrected chi connectivity index (χ1v) is 6.56. The highest BCUT2D eigenvalue weighted by molar-refractivity contribution is 5.81. The third kappa shape index (κ3) is 3.61. The second kappa shape index (κ2) is 5.93. The predicted octanol–water partition coefficient (Wildman–Crippen LogP) is 0.810. The van der Waals surface area contributed by atoms with E-state index in [1.807, 2.05) is 4.90 Å². The minimum Gasteiger partial charge on any atom is -0.481 e. The quantitative estimate of drug-likeness (QED) is 0.820. The molecule has 5 heteroatoms. The van der Waals surface area contributed by atoms with E-state index < -0.39 is 6.10 Å². The Bertz CT molecular complexity index is 425. The van der Waals surface area contributed by atoms with Crippen molar-refractivity contribution in [3.8, 4) is 5.75 Å². The number of amides is 1. The van der Waals surface area contributed by atoms with E-state index in [1.54, 1.807) is 31.2 Å². The van der Waals surface area contributed by atoms with Gasteiger partial charge in [-0.3, -0.25) is 4.79 Å². The highest BCUT2D eigenvalue weighted by atomic mass is 16.5. The number of benzene rings is 1. The summed E-state index contributed by atoms with van der Waals surface area (Å²) >= 11 is 0. The molecule has 5 nitrogen and oxygen atoms in total. The van der Waals surface area contributed by atoms with E-state index in [9.17, 15) is 4.79 Å². The van der Waals surface area contributed by atoms with Crippen LogP contribution in [-0.4, -0.2) is 55.0 Å². The minimum atomic E-state index is -0.466. The number of piperazine rings is 1. The number of rotatable bonds is 3. The van der Waals surface area contributed by atoms with Gasteiger partial charge in [0.1, 0.15) is 5.75 Å². The van der Waals surface area contributed by atoms with Gasteiger partial charge in [0.15, 0.2) is 6.10 Å². The normalized spacial score (nSPS) is 18.1. The van der Waals surface area contributed by atoms with Crippen LogP contribution >= 0.6 is 0 Å². The van der Waals surface area contributed by atoms with Gasteiger partial charge in [0.25, 0.3) is 5.91 Å². The summed E-state index contributed by atoms with van der Waals surface area (Å²) in [4.78, 5) is 16.3. The maximum atomic E-state index is 12.2. The van der Waals surface area contributed by atoms with Crippen molar-refractivity contribution in [2.24, 2.45) is 0 Å². The molecule has 0 spiro atoms. The average molecular weight is 263 g/mol. The van der Waals surface area contributed by atoms with E-state index in [1.165, 1.54) is 0 Å². The Morgan fingerprint density at radius 2 is 1.79 bits per heavy atom. The number of hydrogen-bond donors (Lipinski definition) is 1. The summed E-state index contributed by atoms with van der Waals surface area (Å²) in [6, 6.07) is 7.09. The SMILES string of the molecule is CC(Oc1ccc(N)cc1)C(=O)N1CCN(C)CC1. The van der Waals surface area contributed by atoms with Crippen LogP contribution in [0.3, 0.4) is 0 Å². The molecule has 1 aromatic rings. The Balaban J connectivity index is 1.90. The largest absolute Gasteiger partial charge is 0.481 e. The van der Waals surface area contributed by atoms with Crippen molar-refractivity contribution >= 4 is 11.6 Å². The Morgan fingerprint density at radius 1 is 1.21 bits per heavy atom. The summed E-state index contributed by atoms with van der Waals surface area (Å²) in [5, 5.41) is 0. The van der Waals surface area contributed by atoms with Gasteiger partial charge in [-0.05, 0) is 38.2 Å². The van der Waals surface area contributed by atoms with Crippen molar-refractivity contribution in [3.63, 3.8) is 0 Å². The molecule has 1 aliphatic heterocycles. The fourth-order valence-corrected chi connectivity index (χ4v) is 2.08. The van der Waals surface area contributed by atoms with Crippen LogP contribution in [0, 0.1) is 0 Å². The third-order valence-electron chi connectivity index (χ3n) is 3.36. The molecule has 0 bridgehead atoms. The Hall–Kier alpha value is -1.75. The number of nitrogens with zero attached hydrogens (tertiary/aromatic N) is 2. The summed E-state index contributed by atoms with van der Waals surface area (Å²) in [5.41, 5.74) is 6.30. The molecule has 1 fully saturated rings. The zero-order chi connectivity index (χ0) is 13.8. The van der Waals surface area contributed by atoms with Crippen LogP contribution in [0.25, 0.3) is 0 Å². The van der Waals surface area contributed by atoms with Crippen molar-refractivity contribution < 1.29 is 9.53 Å². The molecule has 1 aromatic carbocycles. The Labute approximate surface area is 113 Å². The standard InChI is InChI=1S/C14H21N3O2/c1-11(19-13-5-3-12(15)4-6-13)14(18)17-9-7-16(2)8-10-17/h3-6,11H,7-10,15H2,1-2H3. The molecule has 1 amide bonds. The second-order valence-electron chi connectivity index (χ2n) is 4.96. The smallest absolute Gasteiger partial charge is 0.263 e. The van der Waals surface area contributed by atoms with E-state index in [-0.39, 0.29) is 5.91 Å². The number of carbonyl (C=O) groups excluding carboxylic acids is 1. The number of anilines is 1. The molecule has 104 valence electrons. The minimum absolute atomic E-state index is 0.0462. The molecule has 1 saturated heterocycles. The maximum Gasteiger partial charge on any atom is 0.263 e. The molecule has 1 atom stereocenters. The van der Waals surface area contributed by atoms with Crippen molar-refractivity contribution in [2.75, 3.05) is 39.0 Å². The van der Waals surface area contributed by atoms with Crippen molar-refractivity contribution in [2.45, 2.75) is 13.0 Å². The van der Waals surface area contributed by atoms with Gasteiger partial charge in [0, 0.05) is 31.9 Å². The second-order valence-corrected chi connectivity index (χ2v) is 4.96. The lowest BCUT2D eigenvalue weighted by molar-refractivity contribution is -0.139. The van der Waals surface area contributed by atoms with Gasteiger partial charge in [-0.15, -0.1) is 0 Å². The lowest BCUT2D eigenvalue weighted by Gasteiger charge is -2.33. The molecule has 0 radical (unpaired) electrons. The van der Waals surface area contributed by atoms with E-state index in [2.05, 4.69) is 11.9 Å². The number of nitrogen functional groups attached to an aromatic ring is 1. The van der Waals surface area contributed by atoms with Gasteiger partial charge < -0.3 is 20.3 Å². The van der Waals surface area contributed by atoms with E-state index in [0.29, 0.717) is 11.4 Å². The predicted molar refractivity (Wildman–Crippen MR) is 75.0 cm³/mol. The first kappa shape index (κ1) is 13.7. The molecular formula is C14H21N3O2. The third-order valence-corrected chi connectivity index (χ3v) is 3.36. The van der Waals surface area contributed by atoms with Gasteiger partial charge in [-0.25, -0.2) is 0 Å². The van der Waals surface area contributed by atoms with E-state index in [4.69, 9.17) is 10.5 Å². The molecule has 19 heavy (non-hydrogen) atoms. The van der Waals surface area contributed by atoms with Crippen molar-refractivity contribution in [1.29, 1.82) is 0 Å². The van der Waals surface area contributed by atoms with Crippen LogP contribution in [0.4, 0.5) is 5.69 Å². The zero-order valence-electron chi connectivity index (χ0n) is 11.5. The zero-order valence-corrected chi connectivity index (χ0v) is 11.5. The molecule has 1 heterocycles. The monoisotopic (exact) mass is 263 g/mol. The van der Waals surface area contributed by atoms with Gasteiger partial charge in [0.2, 0.25) is 0 Å². The van der Waals surface area contributed by atoms with Crippen LogP contribution in [0.15, 0.2) is 24.3 Å². The van der Waals surface area contributed by atoms with Gasteiger partial charge in [0.05, 0.1) is 0 Å². The highest BCUT2D eigenvalue weighted by Crippen LogP contribution is 2.15. The lowest BCUT2D eigenvalue weighted by Crippen LogP contribution is -2.50. The van der Waals surface area contributed by atoms with Crippen LogP contribution in [0.5, 0.6) is 5.75 Å². The molecule has 1 aliphatic rings. The first-order chi connectivity index (χ1) is 9.06. The fraction of sp³-hybridized carbons (Fsp3) is 0.500. The molecule has 2 rings (SSSR count). The van der Waals surface area contributed by atoms with Crippen LogP contribution in [0.2, 0.25) is 0 Å². The van der Waals surface area contributed by atoms with Crippen LogP contribution in [-0.2, 0) is 4.79 Å². The number of likely N-dealkylation sites (N-methyl/N-ethyl adjacent to an activating group) is 1. The first-order valence-electron chi connectivity index (χ1n) is 6.56. The highest BCUT2D eigenvalue weighted by Gasteiger charge is 2.24. The van der Waals surface area contributed by atoms with Crippen LogP contribution in [0.1, 0.15) is 6.92 Å². The summed E-state index contributed by atoms with van der Waals surface area (Å²) < 4.78 is 5.65. The maximum absolute atomic E-state index is 12.2. The molecule has 0 aromatic heterocycles.